The Labute approximate surface area is 193 Å². The van der Waals surface area contributed by atoms with Crippen molar-refractivity contribution in [3.05, 3.63) is 53.8 Å². The largest absolute Gasteiger partial charge is 0.442 e. The van der Waals surface area contributed by atoms with Gasteiger partial charge in [0.1, 0.15) is 11.9 Å². The van der Waals surface area contributed by atoms with E-state index in [0.29, 0.717) is 16.8 Å². The minimum atomic E-state index is -1.45. The van der Waals surface area contributed by atoms with E-state index in [0.717, 1.165) is 11.9 Å². The molecule has 2 aromatic carbocycles. The third kappa shape index (κ3) is 6.01. The number of amidine groups is 1. The average Bonchev–Trinajstić information content (AvgIpc) is 3.17. The number of anilines is 1. The summed E-state index contributed by atoms with van der Waals surface area (Å²) in [5.74, 6) is -0.526. The number of rotatable bonds is 6. The topological polar surface area (TPSA) is 126 Å². The van der Waals surface area contributed by atoms with Crippen LogP contribution < -0.4 is 16.0 Å². The molecule has 2 aromatic rings. The number of benzene rings is 2. The lowest BCUT2D eigenvalue weighted by molar-refractivity contribution is -0.119. The zero-order valence-corrected chi connectivity index (χ0v) is 19.0. The van der Waals surface area contributed by atoms with Gasteiger partial charge in [0.25, 0.3) is 0 Å². The fourth-order valence-electron chi connectivity index (χ4n) is 3.28. The maximum Gasteiger partial charge on any atom is 0.414 e. The van der Waals surface area contributed by atoms with E-state index in [1.807, 2.05) is 0 Å². The van der Waals surface area contributed by atoms with Gasteiger partial charge in [-0.15, -0.1) is 0 Å². The van der Waals surface area contributed by atoms with Crippen molar-refractivity contribution in [3.8, 4) is 11.1 Å². The van der Waals surface area contributed by atoms with E-state index in [1.165, 1.54) is 24.9 Å². The molecule has 3 N–H and O–H groups in total. The summed E-state index contributed by atoms with van der Waals surface area (Å²) >= 11 is 0. The van der Waals surface area contributed by atoms with Gasteiger partial charge in [0.05, 0.1) is 41.7 Å². The summed E-state index contributed by atoms with van der Waals surface area (Å²) in [6.45, 7) is 1.78. The van der Waals surface area contributed by atoms with Crippen LogP contribution in [0, 0.1) is 5.82 Å². The molecule has 2 atom stereocenters. The summed E-state index contributed by atoms with van der Waals surface area (Å²) in [7, 11) is 0.0328. The SMILES string of the molecule is CN=C(/N=C\N)S(=O)Cc1ccc(-c2ccc(N3C[C@H](CNC(C)=O)OC3=O)cc2F)cc1. The predicted octanol–water partition coefficient (Wildman–Crippen LogP) is 2.18. The van der Waals surface area contributed by atoms with E-state index in [2.05, 4.69) is 15.3 Å². The number of hydrogen-bond acceptors (Lipinski definition) is 5. The highest BCUT2D eigenvalue weighted by Crippen LogP contribution is 2.29. The molecule has 1 saturated heterocycles. The minimum absolute atomic E-state index is 0.142. The number of nitrogens with one attached hydrogen (secondary N) is 1. The first-order valence-corrected chi connectivity index (χ1v) is 11.3. The molecule has 1 aliphatic heterocycles. The predicted molar refractivity (Wildman–Crippen MR) is 126 cm³/mol. The van der Waals surface area contributed by atoms with Crippen molar-refractivity contribution in [1.82, 2.24) is 5.32 Å². The molecule has 1 aliphatic rings. The molecular formula is C22H24FN5O4S. The molecule has 1 unspecified atom stereocenters. The van der Waals surface area contributed by atoms with Crippen LogP contribution in [0.1, 0.15) is 12.5 Å². The molecule has 11 heteroatoms. The molecular weight excluding hydrogens is 449 g/mol. The van der Waals surface area contributed by atoms with Crippen molar-refractivity contribution in [2.24, 2.45) is 15.7 Å². The molecule has 33 heavy (non-hydrogen) atoms. The van der Waals surface area contributed by atoms with Crippen LogP contribution in [0.4, 0.5) is 14.9 Å². The van der Waals surface area contributed by atoms with Gasteiger partial charge in [0.15, 0.2) is 0 Å². The molecule has 0 bridgehead atoms. The summed E-state index contributed by atoms with van der Waals surface area (Å²) in [5.41, 5.74) is 7.36. The zero-order chi connectivity index (χ0) is 24.0. The Bertz CT molecular complexity index is 1120. The Morgan fingerprint density at radius 1 is 1.33 bits per heavy atom. The van der Waals surface area contributed by atoms with E-state index in [4.69, 9.17) is 10.5 Å². The first kappa shape index (κ1) is 24.1. The lowest BCUT2D eigenvalue weighted by atomic mass is 10.0. The second-order valence-electron chi connectivity index (χ2n) is 7.19. The standard InChI is InChI=1S/C22H24FN5O4S/c1-14(29)26-10-18-11-28(22(30)32-18)17-7-8-19(20(23)9-17)16-5-3-15(4-6-16)12-33(31)21(25-2)27-13-24/h3-9,13,18H,10-12H2,1-2H3,(H,26,29)(H2,24,25,27)/t18-,33?/m0/s1. The Hall–Kier alpha value is -3.60. The molecule has 1 fully saturated rings. The number of carbonyl (C=O) groups is 2. The van der Waals surface area contributed by atoms with Crippen LogP contribution in [-0.2, 0) is 26.1 Å². The quantitative estimate of drug-likeness (QED) is 0.491. The van der Waals surface area contributed by atoms with Crippen molar-refractivity contribution in [2.75, 3.05) is 25.0 Å². The summed E-state index contributed by atoms with van der Waals surface area (Å²) in [6, 6.07) is 11.5. The van der Waals surface area contributed by atoms with Crippen molar-refractivity contribution >= 4 is 40.0 Å². The van der Waals surface area contributed by atoms with Gasteiger partial charge in [0, 0.05) is 19.5 Å². The van der Waals surface area contributed by atoms with Gasteiger partial charge >= 0.3 is 6.09 Å². The highest BCUT2D eigenvalue weighted by molar-refractivity contribution is 7.99. The Kier molecular flexibility index (Phi) is 7.88. The number of carbonyl (C=O) groups excluding carboxylic acids is 2. The molecule has 1 heterocycles. The maximum absolute atomic E-state index is 14.9. The molecule has 174 valence electrons. The molecule has 0 saturated carbocycles. The number of ether oxygens (including phenoxy) is 1. The lowest BCUT2D eigenvalue weighted by Crippen LogP contribution is -2.33. The molecule has 2 amide bonds. The van der Waals surface area contributed by atoms with Crippen molar-refractivity contribution in [1.29, 1.82) is 0 Å². The highest BCUT2D eigenvalue weighted by Gasteiger charge is 2.32. The number of aliphatic imine (C=N–C) groups is 2. The van der Waals surface area contributed by atoms with E-state index in [1.54, 1.807) is 36.4 Å². The number of nitrogens with two attached hydrogens (primary N) is 1. The summed E-state index contributed by atoms with van der Waals surface area (Å²) < 4.78 is 32.4. The van der Waals surface area contributed by atoms with Crippen molar-refractivity contribution in [2.45, 2.75) is 18.8 Å². The second kappa shape index (κ2) is 10.8. The Morgan fingerprint density at radius 2 is 2.06 bits per heavy atom. The van der Waals surface area contributed by atoms with E-state index in [-0.39, 0.29) is 29.9 Å². The molecule has 9 nitrogen and oxygen atoms in total. The van der Waals surface area contributed by atoms with Crippen LogP contribution in [0.2, 0.25) is 0 Å². The minimum Gasteiger partial charge on any atom is -0.442 e. The van der Waals surface area contributed by atoms with E-state index < -0.39 is 28.8 Å². The molecule has 0 radical (unpaired) electrons. The highest BCUT2D eigenvalue weighted by atomic mass is 32.2. The van der Waals surface area contributed by atoms with Gasteiger partial charge < -0.3 is 15.8 Å². The number of nitrogens with zero attached hydrogens (tertiary/aromatic N) is 3. The van der Waals surface area contributed by atoms with E-state index in [9.17, 15) is 18.2 Å². The fourth-order valence-corrected chi connectivity index (χ4v) is 4.29. The molecule has 0 aliphatic carbocycles. The normalized spacial score (nSPS) is 17.3. The Morgan fingerprint density at radius 3 is 2.67 bits per heavy atom. The first-order chi connectivity index (χ1) is 15.8. The average molecular weight is 474 g/mol. The smallest absolute Gasteiger partial charge is 0.414 e. The van der Waals surface area contributed by atoms with Crippen LogP contribution in [0.15, 0.2) is 52.4 Å². The van der Waals surface area contributed by atoms with Gasteiger partial charge in [-0.25, -0.2) is 14.2 Å². The first-order valence-electron chi connectivity index (χ1n) is 10.0. The molecule has 0 aromatic heterocycles. The van der Waals surface area contributed by atoms with Crippen LogP contribution >= 0.6 is 0 Å². The van der Waals surface area contributed by atoms with Crippen molar-refractivity contribution < 1.29 is 22.9 Å². The van der Waals surface area contributed by atoms with Gasteiger partial charge in [-0.3, -0.25) is 18.9 Å². The summed E-state index contributed by atoms with van der Waals surface area (Å²) in [5, 5.41) is 2.74. The third-order valence-corrected chi connectivity index (χ3v) is 6.15. The van der Waals surface area contributed by atoms with Gasteiger partial charge in [0.2, 0.25) is 11.1 Å². The third-order valence-electron chi connectivity index (χ3n) is 4.86. The maximum atomic E-state index is 14.9. The number of hydrogen-bond donors (Lipinski definition) is 2. The van der Waals surface area contributed by atoms with E-state index >= 15 is 0 Å². The second-order valence-corrected chi connectivity index (χ2v) is 8.53. The number of halogens is 1. The molecule has 0 spiro atoms. The zero-order valence-electron chi connectivity index (χ0n) is 18.2. The monoisotopic (exact) mass is 473 g/mol. The van der Waals surface area contributed by atoms with Crippen LogP contribution in [0.25, 0.3) is 11.1 Å². The van der Waals surface area contributed by atoms with Crippen LogP contribution in [0.5, 0.6) is 0 Å². The fraction of sp³-hybridized carbons (Fsp3) is 0.273. The van der Waals surface area contributed by atoms with Crippen molar-refractivity contribution in [3.63, 3.8) is 0 Å². The molecule has 3 rings (SSSR count). The van der Waals surface area contributed by atoms with Gasteiger partial charge in [-0.05, 0) is 29.3 Å². The number of amides is 2. The van der Waals surface area contributed by atoms with Crippen LogP contribution in [0.3, 0.4) is 0 Å². The lowest BCUT2D eigenvalue weighted by Gasteiger charge is -2.14. The number of cyclic esters (lactones) is 1. The van der Waals surface area contributed by atoms with Crippen LogP contribution in [-0.4, -0.2) is 54.0 Å². The van der Waals surface area contributed by atoms with Gasteiger partial charge in [-0.2, -0.15) is 0 Å². The Balaban J connectivity index is 1.71. The summed E-state index contributed by atoms with van der Waals surface area (Å²) in [6.07, 6.45) is -0.0549. The summed E-state index contributed by atoms with van der Waals surface area (Å²) in [4.78, 5) is 32.2. The van der Waals surface area contributed by atoms with Gasteiger partial charge in [-0.1, -0.05) is 24.3 Å².